The fourth-order valence-corrected chi connectivity index (χ4v) is 2.29. The van der Waals surface area contributed by atoms with Crippen molar-refractivity contribution in [3.8, 4) is 0 Å². The first-order valence-corrected chi connectivity index (χ1v) is 5.27. The molecule has 0 saturated carbocycles. The van der Waals surface area contributed by atoms with Gasteiger partial charge in [0.05, 0.1) is 0 Å². The maximum absolute atomic E-state index is 13.6. The Morgan fingerprint density at radius 2 is 2.25 bits per heavy atom. The standard InChI is InChI=1S/C12H14FNO2/c1-6-3-4-9(13)8-5-7(2)14-11(10(6)8)12(15)16/h3-4,7,11,14H,5H2,1-2H3,(H,15,16). The lowest BCUT2D eigenvalue weighted by Gasteiger charge is -2.30. The Labute approximate surface area is 93.3 Å². The van der Waals surface area contributed by atoms with Crippen LogP contribution < -0.4 is 5.32 Å². The number of fused-ring (bicyclic) bond motifs is 1. The van der Waals surface area contributed by atoms with Crippen molar-refractivity contribution in [2.75, 3.05) is 0 Å². The van der Waals surface area contributed by atoms with Crippen LogP contribution in [0.25, 0.3) is 0 Å². The predicted molar refractivity (Wildman–Crippen MR) is 57.8 cm³/mol. The first kappa shape index (κ1) is 11.1. The van der Waals surface area contributed by atoms with E-state index in [0.717, 1.165) is 5.56 Å². The molecule has 2 rings (SSSR count). The van der Waals surface area contributed by atoms with Crippen LogP contribution in [0.2, 0.25) is 0 Å². The Morgan fingerprint density at radius 1 is 1.56 bits per heavy atom. The van der Waals surface area contributed by atoms with Crippen LogP contribution in [0, 0.1) is 12.7 Å². The van der Waals surface area contributed by atoms with Gasteiger partial charge in [0.1, 0.15) is 11.9 Å². The maximum Gasteiger partial charge on any atom is 0.325 e. The summed E-state index contributed by atoms with van der Waals surface area (Å²) >= 11 is 0. The number of aryl methyl sites for hydroxylation is 1. The summed E-state index contributed by atoms with van der Waals surface area (Å²) in [6, 6.07) is 2.21. The highest BCUT2D eigenvalue weighted by molar-refractivity contribution is 5.77. The molecule has 0 fully saturated rings. The van der Waals surface area contributed by atoms with E-state index < -0.39 is 12.0 Å². The largest absolute Gasteiger partial charge is 0.480 e. The van der Waals surface area contributed by atoms with Crippen LogP contribution in [0.1, 0.15) is 29.7 Å². The molecule has 0 aliphatic carbocycles. The zero-order valence-electron chi connectivity index (χ0n) is 9.25. The van der Waals surface area contributed by atoms with Crippen LogP contribution in [0.4, 0.5) is 4.39 Å². The van der Waals surface area contributed by atoms with E-state index in [2.05, 4.69) is 5.32 Å². The molecule has 1 aromatic rings. The average Bonchev–Trinajstić information content (AvgIpc) is 2.22. The van der Waals surface area contributed by atoms with E-state index in [0.29, 0.717) is 17.5 Å². The lowest BCUT2D eigenvalue weighted by atomic mass is 9.87. The molecule has 1 aliphatic heterocycles. The molecule has 2 unspecified atom stereocenters. The van der Waals surface area contributed by atoms with Crippen LogP contribution in [0.3, 0.4) is 0 Å². The summed E-state index contributed by atoms with van der Waals surface area (Å²) in [5.74, 6) is -1.26. The highest BCUT2D eigenvalue weighted by Gasteiger charge is 2.32. The monoisotopic (exact) mass is 223 g/mol. The van der Waals surface area contributed by atoms with E-state index in [4.69, 9.17) is 5.11 Å². The molecule has 1 heterocycles. The lowest BCUT2D eigenvalue weighted by Crippen LogP contribution is -2.42. The maximum atomic E-state index is 13.6. The Hall–Kier alpha value is -1.42. The fraction of sp³-hybridized carbons (Fsp3) is 0.417. The molecule has 0 saturated heterocycles. The molecule has 0 radical (unpaired) electrons. The highest BCUT2D eigenvalue weighted by atomic mass is 19.1. The van der Waals surface area contributed by atoms with Gasteiger partial charge in [-0.1, -0.05) is 6.07 Å². The molecule has 16 heavy (non-hydrogen) atoms. The minimum absolute atomic E-state index is 0.0232. The van der Waals surface area contributed by atoms with Gasteiger partial charge < -0.3 is 5.11 Å². The summed E-state index contributed by atoms with van der Waals surface area (Å²) in [4.78, 5) is 11.1. The molecular formula is C12H14FNO2. The van der Waals surface area contributed by atoms with Gasteiger partial charge in [0.2, 0.25) is 0 Å². The molecule has 4 heteroatoms. The second-order valence-electron chi connectivity index (χ2n) is 4.30. The first-order valence-electron chi connectivity index (χ1n) is 5.27. The van der Waals surface area contributed by atoms with Crippen LogP contribution in [-0.2, 0) is 11.2 Å². The van der Waals surface area contributed by atoms with Crippen molar-refractivity contribution in [2.24, 2.45) is 0 Å². The molecule has 86 valence electrons. The zero-order valence-corrected chi connectivity index (χ0v) is 9.25. The summed E-state index contributed by atoms with van der Waals surface area (Å²) in [6.07, 6.45) is 0.534. The minimum Gasteiger partial charge on any atom is -0.480 e. The van der Waals surface area contributed by atoms with Crippen LogP contribution >= 0.6 is 0 Å². The summed E-state index contributed by atoms with van der Waals surface area (Å²) in [6.45, 7) is 3.67. The van der Waals surface area contributed by atoms with Crippen molar-refractivity contribution in [3.05, 3.63) is 34.6 Å². The number of nitrogens with one attached hydrogen (secondary N) is 1. The number of rotatable bonds is 1. The van der Waals surface area contributed by atoms with Crippen LogP contribution in [0.15, 0.2) is 12.1 Å². The topological polar surface area (TPSA) is 49.3 Å². The molecule has 1 aromatic carbocycles. The molecular weight excluding hydrogens is 209 g/mol. The third kappa shape index (κ3) is 1.69. The Morgan fingerprint density at radius 3 is 2.88 bits per heavy atom. The molecule has 2 atom stereocenters. The van der Waals surface area contributed by atoms with E-state index >= 15 is 0 Å². The Balaban J connectivity index is 2.60. The molecule has 0 spiro atoms. The second kappa shape index (κ2) is 3.87. The third-order valence-corrected chi connectivity index (χ3v) is 3.02. The van der Waals surface area contributed by atoms with Gasteiger partial charge in [0.25, 0.3) is 0 Å². The second-order valence-corrected chi connectivity index (χ2v) is 4.30. The smallest absolute Gasteiger partial charge is 0.325 e. The SMILES string of the molecule is Cc1ccc(F)c2c1C(C(=O)O)NC(C)C2. The van der Waals surface area contributed by atoms with Crippen molar-refractivity contribution in [1.29, 1.82) is 0 Å². The Bertz CT molecular complexity index is 445. The van der Waals surface area contributed by atoms with Crippen molar-refractivity contribution in [2.45, 2.75) is 32.4 Å². The summed E-state index contributed by atoms with van der Waals surface area (Å²) in [5.41, 5.74) is 1.95. The number of carboxylic acids is 1. The summed E-state index contributed by atoms with van der Waals surface area (Å²) in [5, 5.41) is 12.1. The van der Waals surface area contributed by atoms with Gasteiger partial charge in [-0.2, -0.15) is 0 Å². The van der Waals surface area contributed by atoms with E-state index in [1.807, 2.05) is 13.8 Å². The Kier molecular flexibility index (Phi) is 2.68. The van der Waals surface area contributed by atoms with Gasteiger partial charge >= 0.3 is 5.97 Å². The number of hydrogen-bond acceptors (Lipinski definition) is 2. The predicted octanol–water partition coefficient (Wildman–Crippen LogP) is 1.79. The van der Waals surface area contributed by atoms with E-state index in [1.54, 1.807) is 6.07 Å². The summed E-state index contributed by atoms with van der Waals surface area (Å²) < 4.78 is 13.6. The fourth-order valence-electron chi connectivity index (χ4n) is 2.29. The molecule has 0 bridgehead atoms. The van der Waals surface area contributed by atoms with Crippen LogP contribution in [0.5, 0.6) is 0 Å². The zero-order chi connectivity index (χ0) is 11.9. The third-order valence-electron chi connectivity index (χ3n) is 3.02. The number of carbonyl (C=O) groups is 1. The van der Waals surface area contributed by atoms with Gasteiger partial charge in [0, 0.05) is 6.04 Å². The van der Waals surface area contributed by atoms with Gasteiger partial charge in [-0.3, -0.25) is 10.1 Å². The van der Waals surface area contributed by atoms with Crippen molar-refractivity contribution >= 4 is 5.97 Å². The molecule has 0 amide bonds. The van der Waals surface area contributed by atoms with Gasteiger partial charge in [-0.25, -0.2) is 4.39 Å². The molecule has 2 N–H and O–H groups in total. The van der Waals surface area contributed by atoms with E-state index in [-0.39, 0.29) is 11.9 Å². The number of hydrogen-bond donors (Lipinski definition) is 2. The van der Waals surface area contributed by atoms with Gasteiger partial charge in [-0.15, -0.1) is 0 Å². The minimum atomic E-state index is -0.957. The lowest BCUT2D eigenvalue weighted by molar-refractivity contribution is -0.140. The van der Waals surface area contributed by atoms with Crippen LogP contribution in [-0.4, -0.2) is 17.1 Å². The van der Waals surface area contributed by atoms with Crippen molar-refractivity contribution in [3.63, 3.8) is 0 Å². The van der Waals surface area contributed by atoms with E-state index in [1.165, 1.54) is 6.07 Å². The molecule has 0 aromatic heterocycles. The van der Waals surface area contributed by atoms with Crippen molar-refractivity contribution in [1.82, 2.24) is 5.32 Å². The summed E-state index contributed by atoms with van der Waals surface area (Å²) in [7, 11) is 0. The average molecular weight is 223 g/mol. The van der Waals surface area contributed by atoms with Gasteiger partial charge in [-0.05, 0) is 43.0 Å². The molecule has 1 aliphatic rings. The van der Waals surface area contributed by atoms with Gasteiger partial charge in [0.15, 0.2) is 0 Å². The number of benzene rings is 1. The van der Waals surface area contributed by atoms with Crippen molar-refractivity contribution < 1.29 is 14.3 Å². The molecule has 3 nitrogen and oxygen atoms in total. The normalized spacial score (nSPS) is 23.9. The first-order chi connectivity index (χ1) is 7.50. The quantitative estimate of drug-likeness (QED) is 0.763. The van der Waals surface area contributed by atoms with E-state index in [9.17, 15) is 9.18 Å². The number of aliphatic carboxylic acids is 1. The number of halogens is 1. The number of carboxylic acid groups (broad SMARTS) is 1. The highest BCUT2D eigenvalue weighted by Crippen LogP contribution is 2.30.